The summed E-state index contributed by atoms with van der Waals surface area (Å²) in [5.74, 6) is -1.06. The fourth-order valence-electron chi connectivity index (χ4n) is 3.21. The van der Waals surface area contributed by atoms with E-state index in [0.29, 0.717) is 16.7 Å². The second-order valence-corrected chi connectivity index (χ2v) is 7.27. The molecule has 2 amide bonds. The summed E-state index contributed by atoms with van der Waals surface area (Å²) in [6.07, 6.45) is -0.630. The lowest BCUT2D eigenvalue weighted by Gasteiger charge is -2.25. The molecule has 1 atom stereocenters. The molecular formula is C28H55N3O8. The van der Waals surface area contributed by atoms with Crippen LogP contribution in [0.15, 0.2) is 5.18 Å². The lowest BCUT2D eigenvalue weighted by atomic mass is 9.90. The van der Waals surface area contributed by atoms with E-state index in [1.54, 1.807) is 27.7 Å². The van der Waals surface area contributed by atoms with Crippen LogP contribution in [0.5, 0.6) is 5.75 Å². The van der Waals surface area contributed by atoms with E-state index < -0.39 is 56.4 Å². The van der Waals surface area contributed by atoms with Crippen molar-refractivity contribution in [2.45, 2.75) is 101 Å². The van der Waals surface area contributed by atoms with Gasteiger partial charge in [-0.2, -0.15) is 4.91 Å². The van der Waals surface area contributed by atoms with Gasteiger partial charge < -0.3 is 35.8 Å². The van der Waals surface area contributed by atoms with Crippen molar-refractivity contribution in [3.8, 4) is 5.75 Å². The molecule has 11 nitrogen and oxygen atoms in total. The molecule has 0 aliphatic carbocycles. The Morgan fingerprint density at radius 2 is 1.00 bits per heavy atom. The maximum absolute atomic E-state index is 12.9. The van der Waals surface area contributed by atoms with E-state index in [4.69, 9.17) is 4.74 Å². The predicted octanol–water partition coefficient (Wildman–Crippen LogP) is 3.42. The number of ether oxygens (including phenoxy) is 1. The minimum absolute atomic E-state index is 0.105. The Hall–Kier alpha value is -2.60. The summed E-state index contributed by atoms with van der Waals surface area (Å²) < 4.78 is 5.82. The maximum Gasteiger partial charge on any atom is 0.252 e. The summed E-state index contributed by atoms with van der Waals surface area (Å²) in [6, 6.07) is -1.80. The van der Waals surface area contributed by atoms with Gasteiger partial charge in [-0.05, 0) is 33.3 Å². The van der Waals surface area contributed by atoms with Crippen LogP contribution in [0.2, 0.25) is 0 Å². The number of carbonyl (C=O) groups excluding carboxylic acids is 2. The summed E-state index contributed by atoms with van der Waals surface area (Å²) in [4.78, 5) is 36.5. The van der Waals surface area contributed by atoms with Crippen molar-refractivity contribution in [2.75, 3.05) is 33.0 Å². The van der Waals surface area contributed by atoms with Crippen molar-refractivity contribution in [1.29, 1.82) is 0 Å². The third-order valence-corrected chi connectivity index (χ3v) is 4.84. The number of amides is 2. The van der Waals surface area contributed by atoms with Crippen molar-refractivity contribution in [1.82, 2.24) is 10.6 Å². The summed E-state index contributed by atoms with van der Waals surface area (Å²) in [5.41, 5.74) is 1.32. The van der Waals surface area contributed by atoms with E-state index in [9.17, 15) is 34.9 Å². The molecule has 0 radical (unpaired) electrons. The van der Waals surface area contributed by atoms with Gasteiger partial charge in [-0.15, -0.1) is 0 Å². The molecule has 0 aliphatic rings. The number of rotatable bonds is 12. The lowest BCUT2D eigenvalue weighted by molar-refractivity contribution is 0.0873. The van der Waals surface area contributed by atoms with Crippen LogP contribution < -0.4 is 15.4 Å². The number of hydrogen-bond donors (Lipinski definition) is 6. The number of nitrogens with zero attached hydrogens (tertiary/aromatic N) is 1. The molecule has 39 heavy (non-hydrogen) atoms. The fourth-order valence-corrected chi connectivity index (χ4v) is 3.21. The van der Waals surface area contributed by atoms with Crippen LogP contribution in [0.1, 0.15) is 99.7 Å². The Morgan fingerprint density at radius 1 is 0.692 bits per heavy atom. The van der Waals surface area contributed by atoms with Crippen molar-refractivity contribution in [3.63, 3.8) is 0 Å². The van der Waals surface area contributed by atoms with E-state index in [1.165, 1.54) is 0 Å². The zero-order valence-corrected chi connectivity index (χ0v) is 26.1. The average Bonchev–Trinajstić information content (AvgIpc) is 2.97. The number of nitrogens with one attached hydrogen (secondary N) is 2. The van der Waals surface area contributed by atoms with Crippen LogP contribution in [0.3, 0.4) is 0 Å². The topological polar surface area (TPSA) is 178 Å². The molecule has 0 saturated heterocycles. The monoisotopic (exact) mass is 561 g/mol. The molecule has 0 fully saturated rings. The first-order valence-corrected chi connectivity index (χ1v) is 13.8. The molecule has 11 heteroatoms. The highest BCUT2D eigenvalue weighted by Crippen LogP contribution is 2.34. The van der Waals surface area contributed by atoms with Crippen molar-refractivity contribution >= 4 is 11.8 Å². The van der Waals surface area contributed by atoms with Crippen LogP contribution >= 0.6 is 0 Å². The lowest BCUT2D eigenvalue weighted by Crippen LogP contribution is -2.42. The zero-order valence-electron chi connectivity index (χ0n) is 26.1. The van der Waals surface area contributed by atoms with Gasteiger partial charge in [0.25, 0.3) is 11.8 Å². The number of hydrogen-bond acceptors (Lipinski definition) is 9. The molecule has 0 bridgehead atoms. The van der Waals surface area contributed by atoms with Crippen LogP contribution in [-0.2, 0) is 0 Å². The van der Waals surface area contributed by atoms with E-state index >= 15 is 0 Å². The number of nitroso groups, excluding NO2 is 1. The largest absolute Gasteiger partial charge is 0.488 e. The quantitative estimate of drug-likeness (QED) is 0.210. The highest BCUT2D eigenvalue weighted by Gasteiger charge is 2.28. The molecule has 1 unspecified atom stereocenters. The number of aliphatic hydroxyl groups excluding tert-OH is 4. The Morgan fingerprint density at radius 3 is 1.26 bits per heavy atom. The van der Waals surface area contributed by atoms with Gasteiger partial charge in [-0.1, -0.05) is 60.6 Å². The molecule has 0 aromatic heterocycles. The minimum atomic E-state index is -0.902. The Labute approximate surface area is 235 Å². The van der Waals surface area contributed by atoms with Gasteiger partial charge in [0, 0.05) is 22.3 Å². The fraction of sp³-hybridized carbons (Fsp3) is 0.714. The molecular weight excluding hydrogens is 506 g/mol. The molecule has 1 aromatic rings. The Bertz CT molecular complexity index is 742. The van der Waals surface area contributed by atoms with Gasteiger partial charge in [0.1, 0.15) is 18.4 Å². The average molecular weight is 562 g/mol. The molecule has 0 heterocycles. The van der Waals surface area contributed by atoms with Gasteiger partial charge in [0.05, 0.1) is 38.5 Å². The normalized spacial score (nSPS) is 10.2. The third-order valence-electron chi connectivity index (χ3n) is 4.84. The van der Waals surface area contributed by atoms with E-state index in [1.807, 2.05) is 55.4 Å². The van der Waals surface area contributed by atoms with E-state index in [2.05, 4.69) is 15.8 Å². The van der Waals surface area contributed by atoms with Gasteiger partial charge in [-0.3, -0.25) is 9.59 Å². The Kier molecular flexibility index (Phi) is 30.1. The van der Waals surface area contributed by atoms with Gasteiger partial charge in [-0.25, -0.2) is 0 Å². The smallest absolute Gasteiger partial charge is 0.252 e. The zero-order chi connectivity index (χ0) is 31.7. The van der Waals surface area contributed by atoms with Crippen LogP contribution in [-0.4, -0.2) is 83.4 Å². The first-order chi connectivity index (χ1) is 18.7. The third kappa shape index (κ3) is 14.4. The van der Waals surface area contributed by atoms with Crippen LogP contribution in [0.4, 0.5) is 0 Å². The molecule has 0 aliphatic heterocycles. The number of carbonyl (C=O) groups is 2. The van der Waals surface area contributed by atoms with E-state index in [0.717, 1.165) is 0 Å². The first-order valence-electron chi connectivity index (χ1n) is 13.8. The highest BCUT2D eigenvalue weighted by molar-refractivity contribution is 6.05. The molecule has 6 N–H and O–H groups in total. The summed E-state index contributed by atoms with van der Waals surface area (Å²) in [5, 5.41) is 44.9. The number of benzene rings is 1. The van der Waals surface area contributed by atoms with Gasteiger partial charge in [0.2, 0.25) is 0 Å². The van der Waals surface area contributed by atoms with Gasteiger partial charge >= 0.3 is 0 Å². The standard InChI is InChI=1S/C20H31N3O8.4C2H6/c1-10(5-21-30)31-18-12(3)16(19(28)22-14(6-24)7-25)11(2)17(13(18)4)20(29)23-15(8-26)9-27;4*1-2/h10,14-15,24-27H,5-9H2,1-4H3,(H,22,28)(H,23,29);4*1-2H3. The summed E-state index contributed by atoms with van der Waals surface area (Å²) in [6.45, 7) is 20.3. The highest BCUT2D eigenvalue weighted by atomic mass is 16.5. The first kappa shape index (κ1) is 43.5. The maximum atomic E-state index is 12.9. The SMILES string of the molecule is CC.CC.CC.CC.Cc1c(OC(C)CN=O)c(C)c(C(=O)NC(CO)CO)c(C)c1C(=O)NC(CO)CO. The van der Waals surface area contributed by atoms with Crippen LogP contribution in [0.25, 0.3) is 0 Å². The molecule has 230 valence electrons. The second-order valence-electron chi connectivity index (χ2n) is 7.27. The van der Waals surface area contributed by atoms with E-state index in [-0.39, 0.29) is 23.4 Å². The Balaban J connectivity index is -0.000000697. The minimum Gasteiger partial charge on any atom is -0.488 e. The van der Waals surface area contributed by atoms with Crippen molar-refractivity contribution < 1.29 is 34.8 Å². The molecule has 1 rings (SSSR count). The molecule has 1 aromatic carbocycles. The van der Waals surface area contributed by atoms with Gasteiger partial charge in [0.15, 0.2) is 0 Å². The molecule has 0 spiro atoms. The summed E-state index contributed by atoms with van der Waals surface area (Å²) >= 11 is 0. The summed E-state index contributed by atoms with van der Waals surface area (Å²) in [7, 11) is 0. The molecule has 0 saturated carbocycles. The predicted molar refractivity (Wildman–Crippen MR) is 158 cm³/mol. The van der Waals surface area contributed by atoms with Crippen molar-refractivity contribution in [2.24, 2.45) is 5.18 Å². The van der Waals surface area contributed by atoms with Crippen LogP contribution in [0, 0.1) is 25.7 Å². The number of aliphatic hydroxyl groups is 4. The van der Waals surface area contributed by atoms with Crippen molar-refractivity contribution in [3.05, 3.63) is 32.7 Å². The second kappa shape index (κ2) is 27.0.